The zero-order valence-electron chi connectivity index (χ0n) is 16.5. The third-order valence-corrected chi connectivity index (χ3v) is 7.33. The van der Waals surface area contributed by atoms with Crippen LogP contribution in [-0.2, 0) is 10.8 Å². The van der Waals surface area contributed by atoms with Crippen molar-refractivity contribution in [2.75, 3.05) is 0 Å². The van der Waals surface area contributed by atoms with Crippen LogP contribution in [0.2, 0.25) is 5.02 Å². The molecule has 29 heavy (non-hydrogen) atoms. The molecule has 2 aliphatic rings. The van der Waals surface area contributed by atoms with Crippen molar-refractivity contribution in [1.29, 1.82) is 0 Å². The van der Waals surface area contributed by atoms with Crippen molar-refractivity contribution in [2.45, 2.75) is 24.7 Å². The second kappa shape index (κ2) is 5.62. The van der Waals surface area contributed by atoms with E-state index in [1.807, 2.05) is 0 Å². The summed E-state index contributed by atoms with van der Waals surface area (Å²) in [6.07, 6.45) is 0. The van der Waals surface area contributed by atoms with Gasteiger partial charge in [-0.2, -0.15) is 0 Å². The van der Waals surface area contributed by atoms with Gasteiger partial charge in [-0.25, -0.2) is 0 Å². The fraction of sp³-hybridized carbons (Fsp3) is 0.143. The maximum Gasteiger partial charge on any atom is 0.0734 e. The predicted octanol–water partition coefficient (Wildman–Crippen LogP) is 7.34. The monoisotopic (exact) mass is 392 g/mol. The van der Waals surface area contributed by atoms with E-state index in [9.17, 15) is 0 Å². The van der Waals surface area contributed by atoms with Gasteiger partial charge in [0.15, 0.2) is 0 Å². The molecule has 0 atom stereocenters. The SMILES string of the molecule is CC1(C)c2ccccc2C2(c3ccccc3-c3ccccc32)c2c(Cl)cccc21. The minimum atomic E-state index is -0.382. The number of benzene rings is 4. The van der Waals surface area contributed by atoms with Gasteiger partial charge < -0.3 is 0 Å². The fourth-order valence-corrected chi connectivity index (χ4v) is 6.17. The molecule has 0 unspecified atom stereocenters. The first-order chi connectivity index (χ1) is 14.1. The van der Waals surface area contributed by atoms with Gasteiger partial charge in [-0.05, 0) is 50.6 Å². The van der Waals surface area contributed by atoms with Crippen LogP contribution in [0.15, 0.2) is 91.0 Å². The lowest BCUT2D eigenvalue weighted by atomic mass is 9.55. The minimum Gasteiger partial charge on any atom is -0.0840 e. The molecule has 4 aromatic rings. The lowest BCUT2D eigenvalue weighted by molar-refractivity contribution is 0.563. The first kappa shape index (κ1) is 17.1. The predicted molar refractivity (Wildman–Crippen MR) is 121 cm³/mol. The summed E-state index contributed by atoms with van der Waals surface area (Å²) in [7, 11) is 0. The standard InChI is InChI=1S/C28H21Cl/c1-27(2)22-14-7-8-15-23(22)28(26-24(27)16-9-17-25(26)29)20-12-5-3-10-18(20)19-11-4-6-13-21(19)28/h3-17H,1-2H3. The molecule has 0 bridgehead atoms. The zero-order valence-corrected chi connectivity index (χ0v) is 17.3. The number of fused-ring (bicyclic) bond motifs is 9. The molecule has 4 aromatic carbocycles. The maximum atomic E-state index is 7.04. The van der Waals surface area contributed by atoms with Crippen LogP contribution in [0.25, 0.3) is 11.1 Å². The molecule has 0 fully saturated rings. The highest BCUT2D eigenvalue weighted by atomic mass is 35.5. The molecule has 0 nitrogen and oxygen atoms in total. The van der Waals surface area contributed by atoms with Crippen molar-refractivity contribution >= 4 is 11.6 Å². The molecule has 1 heteroatoms. The normalized spacial score (nSPS) is 16.7. The summed E-state index contributed by atoms with van der Waals surface area (Å²) in [4.78, 5) is 0. The topological polar surface area (TPSA) is 0 Å². The third-order valence-electron chi connectivity index (χ3n) is 7.02. The maximum absolute atomic E-state index is 7.04. The zero-order chi connectivity index (χ0) is 19.8. The summed E-state index contributed by atoms with van der Waals surface area (Å²) in [6.45, 7) is 4.64. The molecule has 6 rings (SSSR count). The molecule has 0 radical (unpaired) electrons. The molecule has 0 saturated heterocycles. The van der Waals surface area contributed by atoms with Gasteiger partial charge in [0, 0.05) is 10.4 Å². The van der Waals surface area contributed by atoms with Gasteiger partial charge in [-0.1, -0.05) is 110 Å². The summed E-state index contributed by atoms with van der Waals surface area (Å²) < 4.78 is 0. The number of rotatable bonds is 0. The van der Waals surface area contributed by atoms with Crippen molar-refractivity contribution in [3.63, 3.8) is 0 Å². The second-order valence-electron chi connectivity index (χ2n) is 8.67. The first-order valence-electron chi connectivity index (χ1n) is 10.2. The van der Waals surface area contributed by atoms with Crippen LogP contribution in [0.1, 0.15) is 47.2 Å². The summed E-state index contributed by atoms with van der Waals surface area (Å²) >= 11 is 7.04. The van der Waals surface area contributed by atoms with E-state index in [0.717, 1.165) is 5.02 Å². The smallest absolute Gasteiger partial charge is 0.0734 e. The molecular formula is C28H21Cl. The molecule has 0 saturated carbocycles. The number of hydrogen-bond acceptors (Lipinski definition) is 0. The van der Waals surface area contributed by atoms with Gasteiger partial charge in [0.1, 0.15) is 0 Å². The minimum absolute atomic E-state index is 0.117. The third kappa shape index (κ3) is 1.91. The van der Waals surface area contributed by atoms with Gasteiger partial charge in [-0.15, -0.1) is 0 Å². The molecule has 0 amide bonds. The Morgan fingerprint density at radius 3 is 1.62 bits per heavy atom. The van der Waals surface area contributed by atoms with E-state index in [4.69, 9.17) is 11.6 Å². The molecule has 1 spiro atoms. The van der Waals surface area contributed by atoms with E-state index in [1.54, 1.807) is 0 Å². The summed E-state index contributed by atoms with van der Waals surface area (Å²) in [6, 6.07) is 33.0. The van der Waals surface area contributed by atoms with Crippen LogP contribution in [0, 0.1) is 0 Å². The average Bonchev–Trinajstić information content (AvgIpc) is 3.04. The Kier molecular flexibility index (Phi) is 3.30. The second-order valence-corrected chi connectivity index (χ2v) is 9.08. The molecule has 0 aliphatic heterocycles. The molecular weight excluding hydrogens is 372 g/mol. The van der Waals surface area contributed by atoms with Crippen LogP contribution in [0.5, 0.6) is 0 Å². The van der Waals surface area contributed by atoms with E-state index in [1.165, 1.54) is 44.5 Å². The molecule has 2 aliphatic carbocycles. The quantitative estimate of drug-likeness (QED) is 0.258. The average molecular weight is 393 g/mol. The van der Waals surface area contributed by atoms with Crippen molar-refractivity contribution < 1.29 is 0 Å². The highest BCUT2D eigenvalue weighted by molar-refractivity contribution is 6.32. The van der Waals surface area contributed by atoms with E-state index >= 15 is 0 Å². The number of hydrogen-bond donors (Lipinski definition) is 0. The Morgan fingerprint density at radius 2 is 1.00 bits per heavy atom. The van der Waals surface area contributed by atoms with Crippen LogP contribution >= 0.6 is 11.6 Å². The summed E-state index contributed by atoms with van der Waals surface area (Å²) in [5.41, 5.74) is 10.1. The van der Waals surface area contributed by atoms with Crippen LogP contribution in [0.4, 0.5) is 0 Å². The van der Waals surface area contributed by atoms with Crippen molar-refractivity contribution in [2.24, 2.45) is 0 Å². The Labute approximate surface area is 176 Å². The fourth-order valence-electron chi connectivity index (χ4n) is 5.86. The van der Waals surface area contributed by atoms with Gasteiger partial charge in [0.25, 0.3) is 0 Å². The molecule has 0 N–H and O–H groups in total. The van der Waals surface area contributed by atoms with E-state index in [-0.39, 0.29) is 10.8 Å². The van der Waals surface area contributed by atoms with Crippen molar-refractivity contribution in [3.8, 4) is 11.1 Å². The Hall–Kier alpha value is -2.83. The Morgan fingerprint density at radius 1 is 0.517 bits per heavy atom. The van der Waals surface area contributed by atoms with Crippen molar-refractivity contribution in [3.05, 3.63) is 129 Å². The van der Waals surface area contributed by atoms with Gasteiger partial charge in [0.2, 0.25) is 0 Å². The van der Waals surface area contributed by atoms with Gasteiger partial charge in [0.05, 0.1) is 5.41 Å². The highest BCUT2D eigenvalue weighted by Crippen LogP contribution is 2.63. The van der Waals surface area contributed by atoms with E-state index in [0.29, 0.717) is 0 Å². The van der Waals surface area contributed by atoms with E-state index in [2.05, 4.69) is 105 Å². The molecule has 0 aromatic heterocycles. The van der Waals surface area contributed by atoms with Crippen molar-refractivity contribution in [1.82, 2.24) is 0 Å². The Balaban J connectivity index is 1.91. The lowest BCUT2D eigenvalue weighted by Crippen LogP contribution is -2.41. The van der Waals surface area contributed by atoms with E-state index < -0.39 is 0 Å². The van der Waals surface area contributed by atoms with Gasteiger partial charge >= 0.3 is 0 Å². The largest absolute Gasteiger partial charge is 0.0840 e. The summed E-state index contributed by atoms with van der Waals surface area (Å²) in [5, 5.41) is 0.844. The molecule has 0 heterocycles. The number of halogens is 1. The van der Waals surface area contributed by atoms with Gasteiger partial charge in [-0.3, -0.25) is 0 Å². The summed E-state index contributed by atoms with van der Waals surface area (Å²) in [5.74, 6) is 0. The van der Waals surface area contributed by atoms with Crippen LogP contribution < -0.4 is 0 Å². The lowest BCUT2D eigenvalue weighted by Gasteiger charge is -2.47. The van der Waals surface area contributed by atoms with Crippen LogP contribution in [0.3, 0.4) is 0 Å². The first-order valence-corrected chi connectivity index (χ1v) is 10.5. The Bertz CT molecular complexity index is 1250. The highest BCUT2D eigenvalue weighted by Gasteiger charge is 2.53. The van der Waals surface area contributed by atoms with Crippen LogP contribution in [-0.4, -0.2) is 0 Å². The molecule has 140 valence electrons.